The number of alkyl halides is 2. The van der Waals surface area contributed by atoms with Crippen LogP contribution in [0.4, 0.5) is 8.78 Å². The number of primary amides is 1. The van der Waals surface area contributed by atoms with E-state index in [4.69, 9.17) is 19.5 Å². The molecule has 0 radical (unpaired) electrons. The van der Waals surface area contributed by atoms with Crippen LogP contribution in [0, 0.1) is 3.57 Å². The fraction of sp³-hybridized carbons (Fsp3) is 0.318. The van der Waals surface area contributed by atoms with Gasteiger partial charge in [-0.15, -0.1) is 11.3 Å². The highest BCUT2D eigenvalue weighted by atomic mass is 127. The lowest BCUT2D eigenvalue weighted by molar-refractivity contribution is 0.0387. The number of benzene rings is 2. The van der Waals surface area contributed by atoms with Crippen LogP contribution in [0.2, 0.25) is 0 Å². The van der Waals surface area contributed by atoms with Gasteiger partial charge in [0.15, 0.2) is 9.84 Å². The normalized spacial score (nSPS) is 12.7. The highest BCUT2D eigenvalue weighted by Crippen LogP contribution is 2.69. The summed E-state index contributed by atoms with van der Waals surface area (Å²) in [5.74, 6) is -0.718. The molecule has 202 valence electrons. The van der Waals surface area contributed by atoms with Crippen LogP contribution >= 0.6 is 57.5 Å². The number of amides is 1. The lowest BCUT2D eigenvalue weighted by Gasteiger charge is -2.25. The largest absolute Gasteiger partial charge is 0.487 e. The summed E-state index contributed by atoms with van der Waals surface area (Å²) in [6.45, 7) is 2.28. The van der Waals surface area contributed by atoms with E-state index < -0.39 is 33.9 Å². The first-order valence-corrected chi connectivity index (χ1v) is 16.7. The second kappa shape index (κ2) is 11.5. The van der Waals surface area contributed by atoms with Crippen LogP contribution in [0.25, 0.3) is 10.1 Å². The van der Waals surface area contributed by atoms with Crippen molar-refractivity contribution in [3.63, 3.8) is 0 Å². The van der Waals surface area contributed by atoms with Gasteiger partial charge in [0.25, 0.3) is 0 Å². The Kier molecular flexibility index (Phi) is 9.46. The molecule has 1 heterocycles. The molecule has 0 fully saturated rings. The molecule has 3 aromatic rings. The summed E-state index contributed by atoms with van der Waals surface area (Å²) in [6.07, 6.45) is 1.10. The van der Waals surface area contributed by atoms with Crippen molar-refractivity contribution < 1.29 is 40.3 Å². The third-order valence-corrected chi connectivity index (χ3v) is 11.8. The van der Waals surface area contributed by atoms with Gasteiger partial charge in [-0.25, -0.2) is 8.42 Å². The van der Waals surface area contributed by atoms with Crippen molar-refractivity contribution in [1.82, 2.24) is 0 Å². The topological polar surface area (TPSA) is 122 Å². The molecule has 15 heteroatoms. The van der Waals surface area contributed by atoms with Crippen LogP contribution in [-0.4, -0.2) is 33.8 Å². The van der Waals surface area contributed by atoms with Gasteiger partial charge in [0.2, 0.25) is 5.91 Å². The van der Waals surface area contributed by atoms with Crippen molar-refractivity contribution in [2.75, 3.05) is 19.5 Å². The van der Waals surface area contributed by atoms with E-state index >= 15 is 8.78 Å². The number of thiophene rings is 1. The molecule has 0 aliphatic rings. The summed E-state index contributed by atoms with van der Waals surface area (Å²) < 4.78 is 84.3. The summed E-state index contributed by atoms with van der Waals surface area (Å²) in [7, 11) is -8.30. The molecule has 1 amide bonds. The highest BCUT2D eigenvalue weighted by molar-refractivity contribution is 14.1. The Morgan fingerprint density at radius 2 is 1.81 bits per heavy atom. The van der Waals surface area contributed by atoms with Crippen LogP contribution in [0.15, 0.2) is 39.7 Å². The van der Waals surface area contributed by atoms with Crippen molar-refractivity contribution in [1.29, 1.82) is 0 Å². The number of nitrogens with two attached hydrogens (primary N) is 1. The summed E-state index contributed by atoms with van der Waals surface area (Å²) in [5.41, 5.74) is 2.08. The van der Waals surface area contributed by atoms with Gasteiger partial charge in [-0.2, -0.15) is 8.78 Å². The minimum absolute atomic E-state index is 0.00999. The standard InChI is InChI=1S/C22H22BrF2INO7PS2/c1-4-33-35(29,34-5-2)22(24,25)20-18(23)15-8-13(21(27)28)9-17(19(15)36-20)32-11-12-6-7-14(10-16(12)26)37(3,30)31/h6-10H,4-5,11H2,1-3H3,(H2,27,28). The minimum atomic E-state index is -4.90. The maximum absolute atomic E-state index is 15.6. The number of hydrogen-bond acceptors (Lipinski definition) is 8. The number of hydrogen-bond donors (Lipinski definition) is 1. The summed E-state index contributed by atoms with van der Waals surface area (Å²) in [4.78, 5) is 11.5. The summed E-state index contributed by atoms with van der Waals surface area (Å²) >= 11 is 5.75. The van der Waals surface area contributed by atoms with Crippen molar-refractivity contribution in [3.8, 4) is 5.75 Å². The average Bonchev–Trinajstić information content (AvgIpc) is 3.15. The zero-order chi connectivity index (χ0) is 27.8. The molecule has 0 saturated heterocycles. The molecule has 0 unspecified atom stereocenters. The Balaban J connectivity index is 2.11. The SMILES string of the molecule is CCOP(=O)(OCC)C(F)(F)c1sc2c(OCc3ccc(S(C)(=O)=O)cc3I)cc(C(N)=O)cc2c1Br. The molecule has 2 aromatic carbocycles. The number of rotatable bonds is 11. The van der Waals surface area contributed by atoms with E-state index in [0.717, 1.165) is 6.26 Å². The van der Waals surface area contributed by atoms with E-state index in [1.54, 1.807) is 6.07 Å². The lowest BCUT2D eigenvalue weighted by Crippen LogP contribution is -2.17. The molecular formula is C22H22BrF2INO7PS2. The van der Waals surface area contributed by atoms with Crippen molar-refractivity contribution in [2.24, 2.45) is 5.73 Å². The molecule has 3 rings (SSSR count). The number of ether oxygens (including phenoxy) is 1. The molecule has 0 bridgehead atoms. The zero-order valence-electron chi connectivity index (χ0n) is 19.7. The highest BCUT2D eigenvalue weighted by Gasteiger charge is 2.57. The van der Waals surface area contributed by atoms with Crippen molar-refractivity contribution in [2.45, 2.75) is 31.0 Å². The molecule has 0 aliphatic heterocycles. The monoisotopic (exact) mass is 751 g/mol. The smallest absolute Gasteiger partial charge is 0.405 e. The molecule has 0 atom stereocenters. The molecule has 0 aliphatic carbocycles. The van der Waals surface area contributed by atoms with E-state index in [2.05, 4.69) is 15.9 Å². The lowest BCUT2D eigenvalue weighted by atomic mass is 10.1. The molecule has 37 heavy (non-hydrogen) atoms. The van der Waals surface area contributed by atoms with Gasteiger partial charge in [-0.3, -0.25) is 9.36 Å². The number of sulfone groups is 1. The van der Waals surface area contributed by atoms with Gasteiger partial charge >= 0.3 is 13.3 Å². The van der Waals surface area contributed by atoms with E-state index in [9.17, 15) is 17.8 Å². The maximum Gasteiger partial charge on any atom is 0.405 e. The maximum atomic E-state index is 15.6. The molecular weight excluding hydrogens is 730 g/mol. The first-order chi connectivity index (χ1) is 17.2. The number of carbonyl (C=O) groups excluding carboxylic acids is 1. The van der Waals surface area contributed by atoms with Crippen LogP contribution in [0.5, 0.6) is 5.75 Å². The Hall–Kier alpha value is -1.16. The van der Waals surface area contributed by atoms with E-state index in [1.807, 2.05) is 22.6 Å². The average molecular weight is 752 g/mol. The number of fused-ring (bicyclic) bond motifs is 1. The van der Waals surface area contributed by atoms with Crippen molar-refractivity contribution >= 4 is 83.3 Å². The van der Waals surface area contributed by atoms with E-state index in [-0.39, 0.29) is 50.6 Å². The molecule has 8 nitrogen and oxygen atoms in total. The molecule has 0 spiro atoms. The molecule has 2 N–H and O–H groups in total. The Labute approximate surface area is 238 Å². The quantitative estimate of drug-likeness (QED) is 0.172. The Morgan fingerprint density at radius 3 is 2.32 bits per heavy atom. The first-order valence-electron chi connectivity index (χ1n) is 10.6. The first kappa shape index (κ1) is 30.4. The van der Waals surface area contributed by atoms with Crippen LogP contribution in [0.1, 0.15) is 34.6 Å². The third kappa shape index (κ3) is 6.20. The van der Waals surface area contributed by atoms with Gasteiger partial charge in [-0.05, 0) is 76.6 Å². The Bertz CT molecular complexity index is 1500. The molecule has 0 saturated carbocycles. The van der Waals surface area contributed by atoms with Crippen LogP contribution in [0.3, 0.4) is 0 Å². The predicted molar refractivity (Wildman–Crippen MR) is 149 cm³/mol. The van der Waals surface area contributed by atoms with E-state index in [1.165, 1.54) is 38.1 Å². The second-order valence-corrected chi connectivity index (χ2v) is 14.7. The second-order valence-electron chi connectivity index (χ2n) is 7.65. The molecule has 1 aromatic heterocycles. The third-order valence-electron chi connectivity index (χ3n) is 5.03. The van der Waals surface area contributed by atoms with Crippen molar-refractivity contribution in [3.05, 3.63) is 54.4 Å². The van der Waals surface area contributed by atoms with Gasteiger partial charge in [0, 0.05) is 30.8 Å². The van der Waals surface area contributed by atoms with Gasteiger partial charge in [0.05, 0.1) is 22.8 Å². The zero-order valence-corrected chi connectivity index (χ0v) is 26.0. The summed E-state index contributed by atoms with van der Waals surface area (Å²) in [6, 6.07) is 7.17. The van der Waals surface area contributed by atoms with Gasteiger partial charge in [0.1, 0.15) is 17.2 Å². The fourth-order valence-corrected chi connectivity index (χ4v) is 8.82. The number of carbonyl (C=O) groups is 1. The fourth-order valence-electron chi connectivity index (χ4n) is 3.28. The minimum Gasteiger partial charge on any atom is -0.487 e. The number of halogens is 4. The van der Waals surface area contributed by atoms with E-state index in [0.29, 0.717) is 20.5 Å². The predicted octanol–water partition coefficient (Wildman–Crippen LogP) is 6.67. The van der Waals surface area contributed by atoms with Gasteiger partial charge in [-0.1, -0.05) is 6.07 Å². The summed E-state index contributed by atoms with van der Waals surface area (Å²) in [5, 5.41) is 0.202. The van der Waals surface area contributed by atoms with Crippen LogP contribution < -0.4 is 10.5 Å². The van der Waals surface area contributed by atoms with Crippen LogP contribution in [-0.2, 0) is 35.7 Å². The van der Waals surface area contributed by atoms with Gasteiger partial charge < -0.3 is 19.5 Å². The Morgan fingerprint density at radius 1 is 1.19 bits per heavy atom.